The van der Waals surface area contributed by atoms with Crippen molar-refractivity contribution in [1.29, 1.82) is 0 Å². The van der Waals surface area contributed by atoms with E-state index in [0.717, 1.165) is 20.4 Å². The third-order valence-corrected chi connectivity index (χ3v) is 3.60. The van der Waals surface area contributed by atoms with E-state index in [-0.39, 0.29) is 6.61 Å². The van der Waals surface area contributed by atoms with Crippen LogP contribution in [0.1, 0.15) is 11.1 Å². The van der Waals surface area contributed by atoms with Crippen molar-refractivity contribution < 1.29 is 9.13 Å². The molecular formula is C19H25BFNO. The van der Waals surface area contributed by atoms with Gasteiger partial charge in [-0.05, 0) is 11.1 Å². The first-order valence-electron chi connectivity index (χ1n) is 8.30. The van der Waals surface area contributed by atoms with Crippen LogP contribution in [-0.4, -0.2) is 38.0 Å². The molecule has 0 aliphatic rings. The van der Waals surface area contributed by atoms with E-state index in [2.05, 4.69) is 29.2 Å². The molecule has 122 valence electrons. The fraction of sp³-hybridized carbons (Fsp3) is 0.368. The molecule has 2 aromatic rings. The van der Waals surface area contributed by atoms with Crippen molar-refractivity contribution in [2.75, 3.05) is 19.7 Å². The van der Waals surface area contributed by atoms with Crippen LogP contribution in [0.5, 0.6) is 0 Å². The Morgan fingerprint density at radius 3 is 1.96 bits per heavy atom. The number of halogens is 1. The molecule has 0 aromatic heterocycles. The molecule has 4 heteroatoms. The molecule has 0 fully saturated rings. The summed E-state index contributed by atoms with van der Waals surface area (Å²) in [6.45, 7) is 4.69. The van der Waals surface area contributed by atoms with Gasteiger partial charge in [0.25, 0.3) is 0 Å². The minimum absolute atomic E-state index is 0.175. The molecule has 1 atom stereocenters. The fourth-order valence-corrected chi connectivity index (χ4v) is 2.56. The summed E-state index contributed by atoms with van der Waals surface area (Å²) in [7, 11) is 0.921. The second kappa shape index (κ2) is 10.2. The highest BCUT2D eigenvalue weighted by Gasteiger charge is 2.14. The Hall–Kier alpha value is -1.65. The van der Waals surface area contributed by atoms with Gasteiger partial charge in [0.2, 0.25) is 0 Å². The van der Waals surface area contributed by atoms with Crippen molar-refractivity contribution in [2.24, 2.45) is 0 Å². The van der Waals surface area contributed by atoms with Crippen molar-refractivity contribution in [1.82, 2.24) is 4.90 Å². The van der Waals surface area contributed by atoms with Crippen molar-refractivity contribution in [3.63, 3.8) is 0 Å². The van der Waals surface area contributed by atoms with Crippen LogP contribution in [0.25, 0.3) is 0 Å². The maximum atomic E-state index is 14.2. The fourth-order valence-electron chi connectivity index (χ4n) is 2.56. The minimum Gasteiger partial charge on any atom is -0.387 e. The van der Waals surface area contributed by atoms with Gasteiger partial charge in [-0.25, -0.2) is 4.39 Å². The van der Waals surface area contributed by atoms with Gasteiger partial charge in [-0.2, -0.15) is 0 Å². The lowest BCUT2D eigenvalue weighted by Crippen LogP contribution is -2.32. The van der Waals surface area contributed by atoms with Gasteiger partial charge >= 0.3 is 0 Å². The van der Waals surface area contributed by atoms with E-state index in [0.29, 0.717) is 13.1 Å². The summed E-state index contributed by atoms with van der Waals surface area (Å²) in [5.41, 5.74) is 2.40. The highest BCUT2D eigenvalue weighted by molar-refractivity contribution is 6.33. The number of rotatable bonds is 10. The SMILES string of the molecule is CBCOC[C@@H](F)CN(Cc1ccccc1)Cc1ccccc1. The van der Waals surface area contributed by atoms with E-state index in [1.807, 2.05) is 43.2 Å². The average molecular weight is 313 g/mol. The Balaban J connectivity index is 1.96. The van der Waals surface area contributed by atoms with Crippen LogP contribution in [-0.2, 0) is 17.8 Å². The lowest BCUT2D eigenvalue weighted by molar-refractivity contribution is 0.0788. The first kappa shape index (κ1) is 17.7. The number of nitrogens with zero attached hydrogens (tertiary/aromatic N) is 1. The average Bonchev–Trinajstić information content (AvgIpc) is 2.57. The predicted octanol–water partition coefficient (Wildman–Crippen LogP) is 3.49. The Bertz CT molecular complexity index is 496. The summed E-state index contributed by atoms with van der Waals surface area (Å²) in [5, 5.41) is 0. The summed E-state index contributed by atoms with van der Waals surface area (Å²) < 4.78 is 19.6. The Kier molecular flexibility index (Phi) is 7.84. The van der Waals surface area contributed by atoms with Gasteiger partial charge in [-0.3, -0.25) is 4.90 Å². The van der Waals surface area contributed by atoms with Gasteiger partial charge in [0.05, 0.1) is 6.61 Å². The van der Waals surface area contributed by atoms with Gasteiger partial charge in [-0.15, -0.1) is 0 Å². The van der Waals surface area contributed by atoms with E-state index in [1.165, 1.54) is 11.1 Å². The first-order valence-corrected chi connectivity index (χ1v) is 8.30. The van der Waals surface area contributed by atoms with Crippen molar-refractivity contribution in [3.8, 4) is 0 Å². The maximum Gasteiger partial charge on any atom is 0.150 e. The second-order valence-electron chi connectivity index (χ2n) is 5.81. The number of benzene rings is 2. The largest absolute Gasteiger partial charge is 0.387 e. The van der Waals surface area contributed by atoms with Gasteiger partial charge in [0, 0.05) is 26.1 Å². The monoisotopic (exact) mass is 313 g/mol. The smallest absolute Gasteiger partial charge is 0.150 e. The van der Waals surface area contributed by atoms with Crippen molar-refractivity contribution in [3.05, 3.63) is 71.8 Å². The first-order chi connectivity index (χ1) is 11.3. The quantitative estimate of drug-likeness (QED) is 0.492. The second-order valence-corrected chi connectivity index (χ2v) is 5.81. The molecule has 2 rings (SSSR count). The number of ether oxygens (including phenoxy) is 1. The van der Waals surface area contributed by atoms with Crippen LogP contribution in [0, 0.1) is 0 Å². The molecule has 0 radical (unpaired) electrons. The third kappa shape index (κ3) is 6.98. The number of hydrogen-bond acceptors (Lipinski definition) is 2. The molecule has 0 N–H and O–H groups in total. The van der Waals surface area contributed by atoms with Crippen LogP contribution in [0.15, 0.2) is 60.7 Å². The summed E-state index contributed by atoms with van der Waals surface area (Å²) in [4.78, 5) is 2.14. The van der Waals surface area contributed by atoms with E-state index < -0.39 is 6.17 Å². The molecule has 0 spiro atoms. The summed E-state index contributed by atoms with van der Waals surface area (Å²) >= 11 is 0. The zero-order chi connectivity index (χ0) is 16.3. The van der Waals surface area contributed by atoms with Gasteiger partial charge in [0.15, 0.2) is 0 Å². The Morgan fingerprint density at radius 2 is 1.48 bits per heavy atom. The number of hydrogen-bond donors (Lipinski definition) is 0. The molecule has 0 aliphatic carbocycles. The van der Waals surface area contributed by atoms with Crippen molar-refractivity contribution >= 4 is 7.28 Å². The van der Waals surface area contributed by atoms with E-state index in [1.54, 1.807) is 0 Å². The van der Waals surface area contributed by atoms with E-state index in [9.17, 15) is 4.39 Å². The van der Waals surface area contributed by atoms with Crippen LogP contribution in [0.3, 0.4) is 0 Å². The topological polar surface area (TPSA) is 12.5 Å². The molecule has 2 aromatic carbocycles. The van der Waals surface area contributed by atoms with Gasteiger partial charge in [-0.1, -0.05) is 67.5 Å². The van der Waals surface area contributed by atoms with Gasteiger partial charge < -0.3 is 4.74 Å². The van der Waals surface area contributed by atoms with Crippen LogP contribution in [0.2, 0.25) is 6.82 Å². The third-order valence-electron chi connectivity index (χ3n) is 3.60. The van der Waals surface area contributed by atoms with E-state index in [4.69, 9.17) is 4.74 Å². The molecule has 0 amide bonds. The van der Waals surface area contributed by atoms with E-state index >= 15 is 0 Å². The lowest BCUT2D eigenvalue weighted by Gasteiger charge is -2.24. The molecule has 0 heterocycles. The summed E-state index contributed by atoms with van der Waals surface area (Å²) in [6.07, 6.45) is -0.964. The highest BCUT2D eigenvalue weighted by Crippen LogP contribution is 2.11. The molecule has 0 unspecified atom stereocenters. The zero-order valence-electron chi connectivity index (χ0n) is 13.8. The summed E-state index contributed by atoms with van der Waals surface area (Å²) in [6, 6.07) is 20.4. The Labute approximate surface area is 139 Å². The molecule has 0 saturated carbocycles. The number of alkyl halides is 1. The predicted molar refractivity (Wildman–Crippen MR) is 95.7 cm³/mol. The van der Waals surface area contributed by atoms with Gasteiger partial charge in [0.1, 0.15) is 13.5 Å². The van der Waals surface area contributed by atoms with Crippen LogP contribution < -0.4 is 0 Å². The van der Waals surface area contributed by atoms with Crippen LogP contribution in [0.4, 0.5) is 4.39 Å². The molecule has 2 nitrogen and oxygen atoms in total. The molecule has 23 heavy (non-hydrogen) atoms. The lowest BCUT2D eigenvalue weighted by atomic mass is 9.85. The van der Waals surface area contributed by atoms with Crippen LogP contribution >= 0.6 is 0 Å². The zero-order valence-corrected chi connectivity index (χ0v) is 13.8. The standard InChI is InChI=1S/C19H25BFNO/c1-20-16-23-15-19(21)14-22(12-17-8-4-2-5-9-17)13-18-10-6-3-7-11-18/h2-11,19-20H,12-16H2,1H3/t19-/m0/s1. The van der Waals surface area contributed by atoms with Crippen molar-refractivity contribution in [2.45, 2.75) is 26.1 Å². The molecular weight excluding hydrogens is 288 g/mol. The molecule has 0 bridgehead atoms. The molecule has 0 aliphatic heterocycles. The Morgan fingerprint density at radius 1 is 0.957 bits per heavy atom. The molecule has 0 saturated heterocycles. The maximum absolute atomic E-state index is 14.2. The normalized spacial score (nSPS) is 12.3. The summed E-state index contributed by atoms with van der Waals surface area (Å²) in [5.74, 6) is 0. The minimum atomic E-state index is -0.964. The highest BCUT2D eigenvalue weighted by atomic mass is 19.1.